The summed E-state index contributed by atoms with van der Waals surface area (Å²) in [5, 5.41) is 0. The molecule has 1 amide bonds. The zero-order chi connectivity index (χ0) is 11.7. The average molecular weight is 283 g/mol. The van der Waals surface area contributed by atoms with Crippen LogP contribution in [0.4, 0.5) is 5.69 Å². The Morgan fingerprint density at radius 2 is 2.25 bits per heavy atom. The molecule has 1 aliphatic rings. The lowest BCUT2D eigenvalue weighted by atomic mass is 10.0. The molecule has 0 radical (unpaired) electrons. The predicted molar refractivity (Wildman–Crippen MR) is 68.0 cm³/mol. The molecule has 0 atom stereocenters. The summed E-state index contributed by atoms with van der Waals surface area (Å²) >= 11 is 3.51. The summed E-state index contributed by atoms with van der Waals surface area (Å²) in [6, 6.07) is 3.99. The molecule has 2 N–H and O–H groups in total. The molecule has 0 aromatic heterocycles. The number of nitrogens with zero attached hydrogens (tertiary/aromatic N) is 1. The van der Waals surface area contributed by atoms with Crippen LogP contribution >= 0.6 is 15.9 Å². The Morgan fingerprint density at radius 1 is 1.50 bits per heavy atom. The number of fused-ring (bicyclic) bond motifs is 1. The number of aryl methyl sites for hydroxylation is 1. The number of benzene rings is 1. The Bertz CT molecular complexity index is 431. The van der Waals surface area contributed by atoms with Crippen LogP contribution in [0.1, 0.15) is 24.5 Å². The minimum absolute atomic E-state index is 0.127. The van der Waals surface area contributed by atoms with Gasteiger partial charge in [-0.2, -0.15) is 0 Å². The van der Waals surface area contributed by atoms with Gasteiger partial charge in [0, 0.05) is 30.2 Å². The molecule has 0 aliphatic carbocycles. The van der Waals surface area contributed by atoms with E-state index in [2.05, 4.69) is 22.0 Å². The molecule has 0 saturated carbocycles. The third-order valence-electron chi connectivity index (χ3n) is 3.04. The molecule has 1 aliphatic heterocycles. The first-order chi connectivity index (χ1) is 7.59. The summed E-state index contributed by atoms with van der Waals surface area (Å²) in [5.74, 6) is 0.127. The van der Waals surface area contributed by atoms with E-state index in [0.29, 0.717) is 6.54 Å². The van der Waals surface area contributed by atoms with Crippen molar-refractivity contribution in [3.05, 3.63) is 27.7 Å². The van der Waals surface area contributed by atoms with Gasteiger partial charge in [0.1, 0.15) is 0 Å². The van der Waals surface area contributed by atoms with Crippen molar-refractivity contribution in [3.63, 3.8) is 0 Å². The van der Waals surface area contributed by atoms with E-state index in [1.54, 1.807) is 6.92 Å². The number of carbonyl (C=O) groups excluding carboxylic acids is 1. The van der Waals surface area contributed by atoms with Crippen LogP contribution in [0.2, 0.25) is 0 Å². The monoisotopic (exact) mass is 282 g/mol. The summed E-state index contributed by atoms with van der Waals surface area (Å²) in [6.07, 6.45) is 2.03. The third kappa shape index (κ3) is 2.07. The molecule has 0 fully saturated rings. The highest BCUT2D eigenvalue weighted by atomic mass is 79.9. The van der Waals surface area contributed by atoms with E-state index in [-0.39, 0.29) is 5.91 Å². The fourth-order valence-electron chi connectivity index (χ4n) is 2.08. The van der Waals surface area contributed by atoms with Gasteiger partial charge in [-0.05, 0) is 46.0 Å². The van der Waals surface area contributed by atoms with Crippen LogP contribution in [0.15, 0.2) is 16.6 Å². The number of nitrogen functional groups attached to an aromatic ring is 1. The molecule has 86 valence electrons. The van der Waals surface area contributed by atoms with Crippen LogP contribution < -0.4 is 5.73 Å². The lowest BCUT2D eigenvalue weighted by molar-refractivity contribution is -0.129. The van der Waals surface area contributed by atoms with E-state index in [0.717, 1.165) is 35.1 Å². The van der Waals surface area contributed by atoms with Crippen LogP contribution in [0, 0.1) is 0 Å². The van der Waals surface area contributed by atoms with Crippen LogP contribution in [-0.2, 0) is 17.8 Å². The van der Waals surface area contributed by atoms with Gasteiger partial charge in [0.2, 0.25) is 5.91 Å². The first kappa shape index (κ1) is 11.5. The first-order valence-corrected chi connectivity index (χ1v) is 6.20. The first-order valence-electron chi connectivity index (χ1n) is 5.41. The largest absolute Gasteiger partial charge is 0.398 e. The maximum absolute atomic E-state index is 11.4. The third-order valence-corrected chi connectivity index (χ3v) is 3.97. The van der Waals surface area contributed by atoms with Gasteiger partial charge in [-0.1, -0.05) is 6.07 Å². The maximum Gasteiger partial charge on any atom is 0.219 e. The van der Waals surface area contributed by atoms with Gasteiger partial charge in [-0.25, -0.2) is 0 Å². The second-order valence-electron chi connectivity index (χ2n) is 4.15. The molecular formula is C12H15BrN2O. The van der Waals surface area contributed by atoms with Gasteiger partial charge in [-0.3, -0.25) is 4.79 Å². The van der Waals surface area contributed by atoms with E-state index in [4.69, 9.17) is 5.73 Å². The van der Waals surface area contributed by atoms with Crippen molar-refractivity contribution >= 4 is 27.5 Å². The Balaban J connectivity index is 2.41. The highest BCUT2D eigenvalue weighted by molar-refractivity contribution is 9.10. The van der Waals surface area contributed by atoms with E-state index < -0.39 is 0 Å². The highest BCUT2D eigenvalue weighted by Crippen LogP contribution is 2.30. The molecule has 2 rings (SSSR count). The number of rotatable bonds is 0. The van der Waals surface area contributed by atoms with E-state index in [1.165, 1.54) is 5.56 Å². The molecule has 3 nitrogen and oxygen atoms in total. The second-order valence-corrected chi connectivity index (χ2v) is 4.94. The Morgan fingerprint density at radius 3 is 2.94 bits per heavy atom. The molecule has 1 heterocycles. The van der Waals surface area contributed by atoms with Crippen molar-refractivity contribution in [3.8, 4) is 0 Å². The summed E-state index contributed by atoms with van der Waals surface area (Å²) in [5.41, 5.74) is 9.06. The van der Waals surface area contributed by atoms with Crippen molar-refractivity contribution in [2.45, 2.75) is 26.3 Å². The number of halogens is 1. The average Bonchev–Trinajstić information content (AvgIpc) is 2.46. The Kier molecular flexibility index (Phi) is 3.19. The van der Waals surface area contributed by atoms with Crippen molar-refractivity contribution in [2.24, 2.45) is 0 Å². The van der Waals surface area contributed by atoms with Crippen LogP contribution in [0.5, 0.6) is 0 Å². The topological polar surface area (TPSA) is 46.3 Å². The Labute approximate surface area is 104 Å². The number of amides is 1. The van der Waals surface area contributed by atoms with Crippen LogP contribution in [0.3, 0.4) is 0 Å². The molecule has 1 aromatic rings. The smallest absolute Gasteiger partial charge is 0.219 e. The van der Waals surface area contributed by atoms with Crippen molar-refractivity contribution in [2.75, 3.05) is 12.3 Å². The van der Waals surface area contributed by atoms with E-state index in [1.807, 2.05) is 11.0 Å². The molecule has 4 heteroatoms. The SMILES string of the molecule is CC(=O)N1CCCc2ccc(N)c(Br)c2C1. The summed E-state index contributed by atoms with van der Waals surface area (Å²) in [6.45, 7) is 3.11. The summed E-state index contributed by atoms with van der Waals surface area (Å²) < 4.78 is 0.943. The Hall–Kier alpha value is -1.03. The quantitative estimate of drug-likeness (QED) is 0.743. The molecule has 0 saturated heterocycles. The fraction of sp³-hybridized carbons (Fsp3) is 0.417. The van der Waals surface area contributed by atoms with Gasteiger partial charge >= 0.3 is 0 Å². The zero-order valence-electron chi connectivity index (χ0n) is 9.29. The fourth-order valence-corrected chi connectivity index (χ4v) is 2.60. The molecule has 16 heavy (non-hydrogen) atoms. The van der Waals surface area contributed by atoms with E-state index >= 15 is 0 Å². The highest BCUT2D eigenvalue weighted by Gasteiger charge is 2.19. The number of nitrogens with two attached hydrogens (primary N) is 1. The minimum Gasteiger partial charge on any atom is -0.398 e. The lowest BCUT2D eigenvalue weighted by Gasteiger charge is -2.19. The molecule has 0 unspecified atom stereocenters. The predicted octanol–water partition coefficient (Wildman–Crippen LogP) is 2.33. The molecule has 0 bridgehead atoms. The standard InChI is InChI=1S/C12H15BrN2O/c1-8(16)15-6-2-3-9-4-5-11(14)12(13)10(9)7-15/h4-5H,2-3,6-7,14H2,1H3. The molecular weight excluding hydrogens is 268 g/mol. The molecule has 0 spiro atoms. The van der Waals surface area contributed by atoms with E-state index in [9.17, 15) is 4.79 Å². The number of carbonyl (C=O) groups is 1. The van der Waals surface area contributed by atoms with Crippen LogP contribution in [0.25, 0.3) is 0 Å². The van der Waals surface area contributed by atoms with Gasteiger partial charge in [0.15, 0.2) is 0 Å². The van der Waals surface area contributed by atoms with Gasteiger partial charge in [0.05, 0.1) is 0 Å². The summed E-state index contributed by atoms with van der Waals surface area (Å²) in [7, 11) is 0. The maximum atomic E-state index is 11.4. The minimum atomic E-state index is 0.127. The number of anilines is 1. The lowest BCUT2D eigenvalue weighted by Crippen LogP contribution is -2.28. The van der Waals surface area contributed by atoms with Crippen molar-refractivity contribution in [1.82, 2.24) is 4.90 Å². The van der Waals surface area contributed by atoms with Gasteiger partial charge in [0.25, 0.3) is 0 Å². The number of hydrogen-bond acceptors (Lipinski definition) is 2. The van der Waals surface area contributed by atoms with Gasteiger partial charge < -0.3 is 10.6 Å². The van der Waals surface area contributed by atoms with Gasteiger partial charge in [-0.15, -0.1) is 0 Å². The normalized spacial score (nSPS) is 15.5. The van der Waals surface area contributed by atoms with Crippen molar-refractivity contribution in [1.29, 1.82) is 0 Å². The second kappa shape index (κ2) is 4.45. The van der Waals surface area contributed by atoms with Crippen molar-refractivity contribution < 1.29 is 4.79 Å². The summed E-state index contributed by atoms with van der Waals surface area (Å²) in [4.78, 5) is 13.3. The molecule has 1 aromatic carbocycles. The van der Waals surface area contributed by atoms with Crippen LogP contribution in [-0.4, -0.2) is 17.4 Å². The zero-order valence-corrected chi connectivity index (χ0v) is 10.9. The number of hydrogen-bond donors (Lipinski definition) is 1.